The summed E-state index contributed by atoms with van der Waals surface area (Å²) in [5.41, 5.74) is 1.17. The van der Waals surface area contributed by atoms with Gasteiger partial charge in [0.1, 0.15) is 0 Å². The molecule has 0 saturated heterocycles. The van der Waals surface area contributed by atoms with Crippen molar-refractivity contribution in [3.05, 3.63) is 52.8 Å². The molecule has 2 aromatic rings. The minimum absolute atomic E-state index is 0.106. The highest BCUT2D eigenvalue weighted by Crippen LogP contribution is 2.22. The molecule has 0 amide bonds. The minimum Gasteiger partial charge on any atom is -0.396 e. The SMILES string of the molecule is OCCC[C@H](Nc1ncc(Br)cn1)c1ccccc1. The molecule has 19 heavy (non-hydrogen) atoms. The van der Waals surface area contributed by atoms with Crippen LogP contribution in [-0.4, -0.2) is 21.7 Å². The van der Waals surface area contributed by atoms with Gasteiger partial charge in [-0.3, -0.25) is 0 Å². The fraction of sp³-hybridized carbons (Fsp3) is 0.286. The van der Waals surface area contributed by atoms with Gasteiger partial charge < -0.3 is 10.4 Å². The number of nitrogens with zero attached hydrogens (tertiary/aromatic N) is 2. The van der Waals surface area contributed by atoms with Crippen molar-refractivity contribution in [1.82, 2.24) is 9.97 Å². The zero-order valence-corrected chi connectivity index (χ0v) is 12.0. The summed E-state index contributed by atoms with van der Waals surface area (Å²) in [4.78, 5) is 8.44. The van der Waals surface area contributed by atoms with E-state index in [9.17, 15) is 0 Å². The van der Waals surface area contributed by atoms with Crippen LogP contribution in [0.4, 0.5) is 5.95 Å². The lowest BCUT2D eigenvalue weighted by molar-refractivity contribution is 0.281. The van der Waals surface area contributed by atoms with Crippen LogP contribution < -0.4 is 5.32 Å². The molecule has 1 aromatic carbocycles. The molecule has 2 rings (SSSR count). The fourth-order valence-corrected chi connectivity index (χ4v) is 2.05. The Kier molecular flexibility index (Phi) is 5.30. The third-order valence-electron chi connectivity index (χ3n) is 2.78. The van der Waals surface area contributed by atoms with Crippen molar-refractivity contribution in [2.75, 3.05) is 11.9 Å². The first-order valence-electron chi connectivity index (χ1n) is 6.19. The van der Waals surface area contributed by atoms with Crippen LogP contribution in [0.3, 0.4) is 0 Å². The average molecular weight is 322 g/mol. The Labute approximate surface area is 121 Å². The van der Waals surface area contributed by atoms with Crippen LogP contribution in [0.25, 0.3) is 0 Å². The molecular weight excluding hydrogens is 306 g/mol. The molecule has 2 N–H and O–H groups in total. The second-order valence-corrected chi connectivity index (χ2v) is 5.11. The number of anilines is 1. The topological polar surface area (TPSA) is 58.0 Å². The molecule has 0 fully saturated rings. The van der Waals surface area contributed by atoms with Gasteiger partial charge in [-0.2, -0.15) is 0 Å². The maximum absolute atomic E-state index is 9.00. The second-order valence-electron chi connectivity index (χ2n) is 4.20. The first-order valence-corrected chi connectivity index (χ1v) is 6.99. The average Bonchev–Trinajstić information content (AvgIpc) is 2.46. The van der Waals surface area contributed by atoms with E-state index in [1.807, 2.05) is 18.2 Å². The monoisotopic (exact) mass is 321 g/mol. The Balaban J connectivity index is 2.11. The molecular formula is C14H16BrN3O. The molecule has 100 valence electrons. The largest absolute Gasteiger partial charge is 0.396 e. The third-order valence-corrected chi connectivity index (χ3v) is 3.19. The molecule has 0 spiro atoms. The van der Waals surface area contributed by atoms with Crippen molar-refractivity contribution in [2.24, 2.45) is 0 Å². The van der Waals surface area contributed by atoms with E-state index in [2.05, 4.69) is 43.3 Å². The van der Waals surface area contributed by atoms with E-state index in [-0.39, 0.29) is 12.6 Å². The van der Waals surface area contributed by atoms with Crippen LogP contribution >= 0.6 is 15.9 Å². The Morgan fingerprint density at radius 2 is 1.84 bits per heavy atom. The van der Waals surface area contributed by atoms with Gasteiger partial charge in [-0.25, -0.2) is 9.97 Å². The van der Waals surface area contributed by atoms with Crippen molar-refractivity contribution in [2.45, 2.75) is 18.9 Å². The van der Waals surface area contributed by atoms with E-state index in [1.165, 1.54) is 5.56 Å². The fourth-order valence-electron chi connectivity index (χ4n) is 1.85. The van der Waals surface area contributed by atoms with Crippen LogP contribution in [-0.2, 0) is 0 Å². The maximum atomic E-state index is 9.00. The van der Waals surface area contributed by atoms with E-state index in [1.54, 1.807) is 12.4 Å². The van der Waals surface area contributed by atoms with Crippen molar-refractivity contribution in [3.8, 4) is 0 Å². The lowest BCUT2D eigenvalue weighted by Crippen LogP contribution is -2.13. The van der Waals surface area contributed by atoms with Gasteiger partial charge in [0.15, 0.2) is 0 Å². The number of aliphatic hydroxyl groups is 1. The van der Waals surface area contributed by atoms with Gasteiger partial charge in [0.25, 0.3) is 0 Å². The molecule has 0 bridgehead atoms. The smallest absolute Gasteiger partial charge is 0.223 e. The number of aromatic nitrogens is 2. The highest BCUT2D eigenvalue weighted by Gasteiger charge is 2.11. The molecule has 0 saturated carbocycles. The van der Waals surface area contributed by atoms with Crippen LogP contribution in [0.5, 0.6) is 0 Å². The van der Waals surface area contributed by atoms with Gasteiger partial charge >= 0.3 is 0 Å². The lowest BCUT2D eigenvalue weighted by Gasteiger charge is -2.18. The number of halogens is 1. The number of aliphatic hydroxyl groups excluding tert-OH is 1. The van der Waals surface area contributed by atoms with Gasteiger partial charge in [0.2, 0.25) is 5.95 Å². The van der Waals surface area contributed by atoms with E-state index in [0.29, 0.717) is 5.95 Å². The first kappa shape index (κ1) is 14.0. The van der Waals surface area contributed by atoms with Crippen molar-refractivity contribution in [1.29, 1.82) is 0 Å². The molecule has 0 unspecified atom stereocenters. The standard InChI is InChI=1S/C14H16BrN3O/c15-12-9-16-14(17-10-12)18-13(7-4-8-19)11-5-2-1-3-6-11/h1-3,5-6,9-10,13,19H,4,7-8H2,(H,16,17,18)/t13-/m0/s1. The predicted octanol–water partition coefficient (Wildman–Crippen LogP) is 3.16. The molecule has 0 radical (unpaired) electrons. The van der Waals surface area contributed by atoms with Gasteiger partial charge in [0.05, 0.1) is 10.5 Å². The summed E-state index contributed by atoms with van der Waals surface area (Å²) < 4.78 is 0.852. The minimum atomic E-state index is 0.106. The summed E-state index contributed by atoms with van der Waals surface area (Å²) in [7, 11) is 0. The van der Waals surface area contributed by atoms with Gasteiger partial charge in [-0.1, -0.05) is 30.3 Å². The second kappa shape index (κ2) is 7.21. The molecule has 1 heterocycles. The number of hydrogen-bond acceptors (Lipinski definition) is 4. The van der Waals surface area contributed by atoms with Crippen LogP contribution in [0.1, 0.15) is 24.4 Å². The van der Waals surface area contributed by atoms with E-state index in [0.717, 1.165) is 17.3 Å². The first-order chi connectivity index (χ1) is 9.29. The third kappa shape index (κ3) is 4.29. The maximum Gasteiger partial charge on any atom is 0.223 e. The summed E-state index contributed by atoms with van der Waals surface area (Å²) in [6.45, 7) is 0.187. The summed E-state index contributed by atoms with van der Waals surface area (Å²) in [6, 6.07) is 10.2. The molecule has 0 aliphatic rings. The van der Waals surface area contributed by atoms with Crippen LogP contribution in [0.2, 0.25) is 0 Å². The summed E-state index contributed by atoms with van der Waals surface area (Å²) in [5, 5.41) is 12.3. The molecule has 5 heteroatoms. The number of hydrogen-bond donors (Lipinski definition) is 2. The molecule has 1 atom stereocenters. The van der Waals surface area contributed by atoms with Gasteiger partial charge in [0, 0.05) is 19.0 Å². The Morgan fingerprint density at radius 1 is 1.16 bits per heavy atom. The van der Waals surface area contributed by atoms with Crippen LogP contribution in [0.15, 0.2) is 47.2 Å². The number of nitrogens with one attached hydrogen (secondary N) is 1. The van der Waals surface area contributed by atoms with Crippen molar-refractivity contribution < 1.29 is 5.11 Å². The quantitative estimate of drug-likeness (QED) is 0.858. The number of benzene rings is 1. The highest BCUT2D eigenvalue weighted by molar-refractivity contribution is 9.10. The van der Waals surface area contributed by atoms with Gasteiger partial charge in [-0.15, -0.1) is 0 Å². The summed E-state index contributed by atoms with van der Waals surface area (Å²) in [5.74, 6) is 0.593. The van der Waals surface area contributed by atoms with Crippen LogP contribution in [0, 0.1) is 0 Å². The lowest BCUT2D eigenvalue weighted by atomic mass is 10.0. The summed E-state index contributed by atoms with van der Waals surface area (Å²) >= 11 is 3.31. The molecule has 4 nitrogen and oxygen atoms in total. The normalized spacial score (nSPS) is 12.1. The van der Waals surface area contributed by atoms with Gasteiger partial charge in [-0.05, 0) is 34.3 Å². The highest BCUT2D eigenvalue weighted by atomic mass is 79.9. The predicted molar refractivity (Wildman–Crippen MR) is 78.9 cm³/mol. The molecule has 1 aromatic heterocycles. The Morgan fingerprint density at radius 3 is 2.47 bits per heavy atom. The van der Waals surface area contributed by atoms with E-state index in [4.69, 9.17) is 5.11 Å². The zero-order chi connectivity index (χ0) is 13.5. The zero-order valence-electron chi connectivity index (χ0n) is 10.5. The summed E-state index contributed by atoms with van der Waals surface area (Å²) in [6.07, 6.45) is 5.00. The molecule has 0 aliphatic carbocycles. The van der Waals surface area contributed by atoms with E-state index < -0.39 is 0 Å². The Hall–Kier alpha value is -1.46. The van der Waals surface area contributed by atoms with E-state index >= 15 is 0 Å². The number of rotatable bonds is 6. The van der Waals surface area contributed by atoms with Crippen molar-refractivity contribution in [3.63, 3.8) is 0 Å². The van der Waals surface area contributed by atoms with Crippen molar-refractivity contribution >= 4 is 21.9 Å². The Bertz CT molecular complexity index is 490. The molecule has 0 aliphatic heterocycles.